The minimum absolute atomic E-state index is 0.0649. The Morgan fingerprint density at radius 3 is 2.55 bits per heavy atom. The molecule has 2 heterocycles. The fourth-order valence-corrected chi connectivity index (χ4v) is 2.97. The molecule has 0 N–H and O–H groups in total. The lowest BCUT2D eigenvalue weighted by atomic mass is 10.0. The van der Waals surface area contributed by atoms with Gasteiger partial charge in [0.15, 0.2) is 23.2 Å². The Hall–Kier alpha value is -2.74. The number of allylic oxidation sites excluding steroid dienone is 1. The average Bonchev–Trinajstić information content (AvgIpc) is 3.09. The van der Waals surface area contributed by atoms with Crippen molar-refractivity contribution in [3.05, 3.63) is 29.3 Å². The molecular weight excluding hydrogens is 380 g/mol. The summed E-state index contributed by atoms with van der Waals surface area (Å²) in [6.07, 6.45) is -0.243. The molecule has 2 aliphatic rings. The number of epoxide rings is 1. The van der Waals surface area contributed by atoms with Crippen LogP contribution in [-0.4, -0.2) is 43.7 Å². The molecule has 0 aliphatic carbocycles. The Morgan fingerprint density at radius 2 is 1.97 bits per heavy atom. The van der Waals surface area contributed by atoms with Crippen molar-refractivity contribution in [3.8, 4) is 17.2 Å². The molecule has 0 amide bonds. The van der Waals surface area contributed by atoms with E-state index in [0.29, 0.717) is 28.4 Å². The SMILES string of the molecule is C/C=C(/C)C(=O)O[C@H](c1cc(OC)c2c(c1)OCO2)[C@H](C)OC(=O)[C@]1(C)O[C@H]1C. The molecule has 1 aromatic carbocycles. The normalized spacial score (nSPS) is 24.5. The average molecular weight is 406 g/mol. The summed E-state index contributed by atoms with van der Waals surface area (Å²) in [5, 5.41) is 0. The lowest BCUT2D eigenvalue weighted by Gasteiger charge is -2.26. The molecule has 4 atom stereocenters. The van der Waals surface area contributed by atoms with Crippen molar-refractivity contribution in [2.45, 2.75) is 58.5 Å². The Balaban J connectivity index is 1.91. The first kappa shape index (κ1) is 21.0. The van der Waals surface area contributed by atoms with Gasteiger partial charge in [-0.1, -0.05) is 6.08 Å². The van der Waals surface area contributed by atoms with Crippen molar-refractivity contribution in [1.29, 1.82) is 0 Å². The number of carbonyl (C=O) groups excluding carboxylic acids is 2. The van der Waals surface area contributed by atoms with Gasteiger partial charge in [0.05, 0.1) is 13.2 Å². The quantitative estimate of drug-likeness (QED) is 0.387. The molecule has 0 spiro atoms. The van der Waals surface area contributed by atoms with Gasteiger partial charge in [0, 0.05) is 11.1 Å². The van der Waals surface area contributed by atoms with Gasteiger partial charge in [-0.2, -0.15) is 0 Å². The number of ether oxygens (including phenoxy) is 6. The molecule has 0 radical (unpaired) electrons. The molecule has 2 aliphatic heterocycles. The zero-order valence-electron chi connectivity index (χ0n) is 17.4. The molecule has 1 saturated heterocycles. The Kier molecular flexibility index (Phi) is 5.75. The molecular formula is C21H26O8. The number of hydrogen-bond acceptors (Lipinski definition) is 8. The molecule has 158 valence electrons. The number of methoxy groups -OCH3 is 1. The zero-order valence-corrected chi connectivity index (χ0v) is 17.4. The van der Waals surface area contributed by atoms with Gasteiger partial charge in [0.25, 0.3) is 0 Å². The summed E-state index contributed by atoms with van der Waals surface area (Å²) < 4.78 is 32.9. The van der Waals surface area contributed by atoms with Crippen LogP contribution in [0.15, 0.2) is 23.8 Å². The van der Waals surface area contributed by atoms with Gasteiger partial charge < -0.3 is 28.4 Å². The zero-order chi connectivity index (χ0) is 21.3. The maximum atomic E-state index is 12.5. The van der Waals surface area contributed by atoms with E-state index in [1.54, 1.807) is 52.8 Å². The van der Waals surface area contributed by atoms with Crippen molar-refractivity contribution >= 4 is 11.9 Å². The third-order valence-corrected chi connectivity index (χ3v) is 5.26. The van der Waals surface area contributed by atoms with Crippen molar-refractivity contribution in [2.24, 2.45) is 0 Å². The van der Waals surface area contributed by atoms with Gasteiger partial charge in [0.1, 0.15) is 6.10 Å². The molecule has 1 fully saturated rings. The summed E-state index contributed by atoms with van der Waals surface area (Å²) in [4.78, 5) is 25.0. The van der Waals surface area contributed by atoms with Crippen LogP contribution in [0.5, 0.6) is 17.2 Å². The maximum Gasteiger partial charge on any atom is 0.341 e. The molecule has 0 bridgehead atoms. The minimum Gasteiger partial charge on any atom is -0.493 e. The van der Waals surface area contributed by atoms with E-state index in [4.69, 9.17) is 28.4 Å². The van der Waals surface area contributed by atoms with Crippen molar-refractivity contribution in [3.63, 3.8) is 0 Å². The predicted molar refractivity (Wildman–Crippen MR) is 102 cm³/mol. The summed E-state index contributed by atoms with van der Waals surface area (Å²) in [6.45, 7) is 8.58. The van der Waals surface area contributed by atoms with Gasteiger partial charge in [-0.3, -0.25) is 0 Å². The highest BCUT2D eigenvalue weighted by molar-refractivity contribution is 5.88. The van der Waals surface area contributed by atoms with E-state index in [1.807, 2.05) is 0 Å². The molecule has 3 rings (SSSR count). The Bertz CT molecular complexity index is 845. The van der Waals surface area contributed by atoms with Crippen molar-refractivity contribution in [1.82, 2.24) is 0 Å². The lowest BCUT2D eigenvalue weighted by molar-refractivity contribution is -0.168. The second-order valence-corrected chi connectivity index (χ2v) is 7.23. The first-order chi connectivity index (χ1) is 13.7. The largest absolute Gasteiger partial charge is 0.493 e. The van der Waals surface area contributed by atoms with Crippen LogP contribution in [0.3, 0.4) is 0 Å². The monoisotopic (exact) mass is 406 g/mol. The smallest absolute Gasteiger partial charge is 0.341 e. The van der Waals surface area contributed by atoms with Crippen LogP contribution >= 0.6 is 0 Å². The second-order valence-electron chi connectivity index (χ2n) is 7.23. The Morgan fingerprint density at radius 1 is 1.28 bits per heavy atom. The van der Waals surface area contributed by atoms with Crippen LogP contribution in [0.1, 0.15) is 46.3 Å². The molecule has 29 heavy (non-hydrogen) atoms. The van der Waals surface area contributed by atoms with Crippen molar-refractivity contribution in [2.75, 3.05) is 13.9 Å². The number of hydrogen-bond donors (Lipinski definition) is 0. The highest BCUT2D eigenvalue weighted by Gasteiger charge is 2.57. The van der Waals surface area contributed by atoms with E-state index >= 15 is 0 Å². The highest BCUT2D eigenvalue weighted by atomic mass is 16.7. The molecule has 8 heteroatoms. The van der Waals surface area contributed by atoms with E-state index in [0.717, 1.165) is 0 Å². The molecule has 1 aromatic rings. The third-order valence-electron chi connectivity index (χ3n) is 5.26. The first-order valence-corrected chi connectivity index (χ1v) is 9.41. The summed E-state index contributed by atoms with van der Waals surface area (Å²) >= 11 is 0. The number of fused-ring (bicyclic) bond motifs is 1. The van der Waals surface area contributed by atoms with Crippen LogP contribution in [0.2, 0.25) is 0 Å². The number of benzene rings is 1. The van der Waals surface area contributed by atoms with Gasteiger partial charge >= 0.3 is 11.9 Å². The van der Waals surface area contributed by atoms with Crippen LogP contribution in [0, 0.1) is 0 Å². The second kappa shape index (κ2) is 7.94. The third kappa shape index (κ3) is 4.03. The summed E-state index contributed by atoms with van der Waals surface area (Å²) in [5.74, 6) is 0.354. The van der Waals surface area contributed by atoms with E-state index in [9.17, 15) is 9.59 Å². The molecule has 8 nitrogen and oxygen atoms in total. The van der Waals surface area contributed by atoms with Gasteiger partial charge in [-0.05, 0) is 46.8 Å². The summed E-state index contributed by atoms with van der Waals surface area (Å²) in [7, 11) is 1.50. The molecule has 0 unspecified atom stereocenters. The first-order valence-electron chi connectivity index (χ1n) is 9.41. The standard InChI is InChI=1S/C21H26O8/c1-7-11(2)19(22)28-17(12(3)27-20(23)21(5)13(4)29-21)14-8-15(24-6)18-16(9-14)25-10-26-18/h7-9,12-13,17H,10H2,1-6H3/b11-7-/t12-,13-,17-,21+/m0/s1. The topological polar surface area (TPSA) is 92.8 Å². The fraction of sp³-hybridized carbons (Fsp3) is 0.524. The molecule has 0 aromatic heterocycles. The maximum absolute atomic E-state index is 12.5. The highest BCUT2D eigenvalue weighted by Crippen LogP contribution is 2.44. The van der Waals surface area contributed by atoms with E-state index in [2.05, 4.69) is 0 Å². The molecule has 0 saturated carbocycles. The van der Waals surface area contributed by atoms with Crippen LogP contribution in [0.4, 0.5) is 0 Å². The van der Waals surface area contributed by atoms with Crippen LogP contribution in [0.25, 0.3) is 0 Å². The van der Waals surface area contributed by atoms with Crippen LogP contribution in [-0.2, 0) is 23.8 Å². The number of esters is 2. The predicted octanol–water partition coefficient (Wildman–Crippen LogP) is 3.08. The van der Waals surface area contributed by atoms with Crippen LogP contribution < -0.4 is 14.2 Å². The van der Waals surface area contributed by atoms with E-state index in [-0.39, 0.29) is 12.9 Å². The van der Waals surface area contributed by atoms with Crippen molar-refractivity contribution < 1.29 is 38.0 Å². The fourth-order valence-electron chi connectivity index (χ4n) is 2.97. The Labute approximate surface area is 169 Å². The van der Waals surface area contributed by atoms with Gasteiger partial charge in [-0.25, -0.2) is 9.59 Å². The summed E-state index contributed by atoms with van der Waals surface area (Å²) in [5.41, 5.74) is 0.0140. The lowest BCUT2D eigenvalue weighted by Crippen LogP contribution is -2.33. The minimum atomic E-state index is -0.978. The number of rotatable bonds is 7. The van der Waals surface area contributed by atoms with Gasteiger partial charge in [0.2, 0.25) is 12.5 Å². The van der Waals surface area contributed by atoms with Gasteiger partial charge in [-0.15, -0.1) is 0 Å². The summed E-state index contributed by atoms with van der Waals surface area (Å²) in [6, 6.07) is 3.37. The van der Waals surface area contributed by atoms with E-state index < -0.39 is 29.7 Å². The van der Waals surface area contributed by atoms with E-state index in [1.165, 1.54) is 7.11 Å². The number of carbonyl (C=O) groups is 2.